The fraction of sp³-hybridized carbons (Fsp3) is 0.438. The van der Waals surface area contributed by atoms with Gasteiger partial charge in [-0.25, -0.2) is 8.42 Å². The predicted molar refractivity (Wildman–Crippen MR) is 232 cm³/mol. The van der Waals surface area contributed by atoms with Crippen molar-refractivity contribution in [3.05, 3.63) is 136 Å². The van der Waals surface area contributed by atoms with Crippen LogP contribution in [0.15, 0.2) is 124 Å². The van der Waals surface area contributed by atoms with Crippen molar-refractivity contribution in [3.8, 4) is 0 Å². The number of fused-ring (bicyclic) bond motifs is 2. The molecule has 0 radical (unpaired) electrons. The molecule has 292 valence electrons. The quantitative estimate of drug-likeness (QED) is 0.0983. The average Bonchev–Trinajstić information content (AvgIpc) is 3.48. The van der Waals surface area contributed by atoms with Crippen LogP contribution in [0.3, 0.4) is 0 Å². The molecular formula is C48H60N2O3S2. The number of para-hydroxylation sites is 2. The molecule has 3 aliphatic rings. The van der Waals surface area contributed by atoms with Crippen LogP contribution in [0.4, 0.5) is 11.4 Å². The van der Waals surface area contributed by atoms with Gasteiger partial charge in [0.05, 0.1) is 15.5 Å². The highest BCUT2D eigenvalue weighted by Crippen LogP contribution is 2.49. The third-order valence-electron chi connectivity index (χ3n) is 11.7. The molecule has 0 fully saturated rings. The minimum absolute atomic E-state index is 0.0890. The van der Waals surface area contributed by atoms with Crippen molar-refractivity contribution >= 4 is 39.0 Å². The second kappa shape index (κ2) is 16.4. The van der Waals surface area contributed by atoms with Gasteiger partial charge in [0, 0.05) is 63.0 Å². The van der Waals surface area contributed by atoms with E-state index in [-0.39, 0.29) is 22.0 Å². The van der Waals surface area contributed by atoms with Gasteiger partial charge in [-0.3, -0.25) is 0 Å². The lowest BCUT2D eigenvalue weighted by molar-refractivity contribution is -0.438. The fourth-order valence-electron chi connectivity index (χ4n) is 8.48. The molecule has 6 rings (SSSR count). The zero-order valence-corrected chi connectivity index (χ0v) is 35.9. The summed E-state index contributed by atoms with van der Waals surface area (Å²) in [7, 11) is -4.24. The largest absolute Gasteiger partial charge is 0.748 e. The van der Waals surface area contributed by atoms with Crippen LogP contribution in [0.1, 0.15) is 117 Å². The molecule has 0 saturated heterocycles. The number of benzene rings is 3. The maximum absolute atomic E-state index is 11.4. The van der Waals surface area contributed by atoms with E-state index in [9.17, 15) is 13.0 Å². The molecule has 0 unspecified atom stereocenters. The topological polar surface area (TPSA) is 63.5 Å². The molecule has 0 aromatic heterocycles. The summed E-state index contributed by atoms with van der Waals surface area (Å²) in [5, 5.41) is 0. The van der Waals surface area contributed by atoms with Gasteiger partial charge >= 0.3 is 0 Å². The summed E-state index contributed by atoms with van der Waals surface area (Å²) in [6.07, 6.45) is 15.9. The molecule has 7 heteroatoms. The predicted octanol–water partition coefficient (Wildman–Crippen LogP) is 11.9. The van der Waals surface area contributed by atoms with Crippen molar-refractivity contribution in [2.45, 2.75) is 121 Å². The third-order valence-corrected chi connectivity index (χ3v) is 13.7. The molecule has 0 atom stereocenters. The normalized spacial score (nSPS) is 19.6. The van der Waals surface area contributed by atoms with Gasteiger partial charge in [0.2, 0.25) is 5.69 Å². The van der Waals surface area contributed by atoms with E-state index in [4.69, 9.17) is 0 Å². The van der Waals surface area contributed by atoms with Gasteiger partial charge in [-0.1, -0.05) is 120 Å². The number of unbranched alkanes of at least 4 members (excludes halogenated alkanes) is 2. The van der Waals surface area contributed by atoms with Gasteiger partial charge in [-0.2, -0.15) is 4.58 Å². The number of nitrogens with zero attached hydrogens (tertiary/aromatic N) is 2. The Kier molecular flexibility index (Phi) is 12.3. The summed E-state index contributed by atoms with van der Waals surface area (Å²) in [5.74, 6) is -0.327. The smallest absolute Gasteiger partial charge is 0.209 e. The second-order valence-electron chi connectivity index (χ2n) is 17.5. The maximum Gasteiger partial charge on any atom is 0.209 e. The van der Waals surface area contributed by atoms with Gasteiger partial charge in [0.15, 0.2) is 5.71 Å². The summed E-state index contributed by atoms with van der Waals surface area (Å²) in [6.45, 7) is 20.0. The Morgan fingerprint density at radius 3 is 2.22 bits per heavy atom. The molecule has 0 amide bonds. The summed E-state index contributed by atoms with van der Waals surface area (Å²) >= 11 is 1.88. The van der Waals surface area contributed by atoms with Crippen molar-refractivity contribution in [1.82, 2.24) is 0 Å². The maximum atomic E-state index is 11.4. The first-order valence-electron chi connectivity index (χ1n) is 20.2. The molecule has 0 spiro atoms. The number of hydrogen-bond acceptors (Lipinski definition) is 5. The number of anilines is 1. The van der Waals surface area contributed by atoms with Gasteiger partial charge in [-0.15, -0.1) is 0 Å². The van der Waals surface area contributed by atoms with E-state index in [1.54, 1.807) is 0 Å². The van der Waals surface area contributed by atoms with E-state index in [1.807, 2.05) is 11.8 Å². The van der Waals surface area contributed by atoms with Crippen LogP contribution in [0.2, 0.25) is 0 Å². The zero-order chi connectivity index (χ0) is 39.6. The Bertz CT molecular complexity index is 2160. The number of allylic oxidation sites excluding steroid dienone is 7. The van der Waals surface area contributed by atoms with Crippen LogP contribution in [-0.4, -0.2) is 42.1 Å². The number of rotatable bonds is 13. The van der Waals surface area contributed by atoms with Crippen molar-refractivity contribution in [2.24, 2.45) is 0 Å². The molecule has 3 aromatic carbocycles. The highest BCUT2D eigenvalue weighted by atomic mass is 32.2. The van der Waals surface area contributed by atoms with Gasteiger partial charge in [0.1, 0.15) is 6.54 Å². The Morgan fingerprint density at radius 2 is 1.53 bits per heavy atom. The van der Waals surface area contributed by atoms with Crippen molar-refractivity contribution in [2.75, 3.05) is 23.7 Å². The zero-order valence-electron chi connectivity index (χ0n) is 34.2. The highest BCUT2D eigenvalue weighted by Gasteiger charge is 2.44. The molecule has 3 aromatic rings. The molecule has 5 nitrogen and oxygen atoms in total. The molecular weight excluding hydrogens is 717 g/mol. The minimum Gasteiger partial charge on any atom is -0.748 e. The lowest BCUT2D eigenvalue weighted by Gasteiger charge is -2.27. The van der Waals surface area contributed by atoms with Crippen LogP contribution < -0.4 is 4.90 Å². The molecule has 2 aliphatic heterocycles. The molecule has 0 N–H and O–H groups in total. The van der Waals surface area contributed by atoms with E-state index in [0.717, 1.165) is 44.3 Å². The highest BCUT2D eigenvalue weighted by molar-refractivity contribution is 8.03. The molecule has 55 heavy (non-hydrogen) atoms. The summed E-state index contributed by atoms with van der Waals surface area (Å²) < 4.78 is 36.5. The number of hydrogen-bond donors (Lipinski definition) is 0. The van der Waals surface area contributed by atoms with Gasteiger partial charge in [-0.05, 0) is 97.9 Å². The number of thioether (sulfide) groups is 1. The van der Waals surface area contributed by atoms with E-state index >= 15 is 0 Å². The summed E-state index contributed by atoms with van der Waals surface area (Å²) in [6, 6.07) is 26.6. The first-order chi connectivity index (χ1) is 26.0. The second-order valence-corrected chi connectivity index (χ2v) is 20.1. The van der Waals surface area contributed by atoms with Crippen LogP contribution in [0.5, 0.6) is 0 Å². The van der Waals surface area contributed by atoms with Crippen LogP contribution in [-0.2, 0) is 26.4 Å². The summed E-state index contributed by atoms with van der Waals surface area (Å²) in [5.41, 5.74) is 11.5. The van der Waals surface area contributed by atoms with Crippen LogP contribution >= 0.6 is 11.8 Å². The molecule has 2 heterocycles. The van der Waals surface area contributed by atoms with Crippen molar-refractivity contribution < 1.29 is 17.5 Å². The van der Waals surface area contributed by atoms with Gasteiger partial charge < -0.3 is 9.45 Å². The SMILES string of the molecule is CCCCN1/C(=C/C=C2\CCCC(/C=C/C3=[N+](CCCCS(=O)(=O)[O-])c4ccccc4C3(C)C)=C2Sc2ccc(C(C)(C)C)cc2)C(C)(C)c2ccccc21. The minimum atomic E-state index is -4.24. The van der Waals surface area contributed by atoms with E-state index < -0.39 is 10.1 Å². The standard InChI is InChI=1S/C48H60N2O3S2/c1-9-10-32-49-41-22-13-11-20-39(41)47(5,6)43(49)30-24-35-18-17-19-36(45(35)54-38-28-26-37(27-29-38)46(2,3)4)25-31-44-48(7,8)40-21-12-14-23-42(40)50(44)33-15-16-34-55(51,52)53/h11-14,20-31H,9-10,15-19,32-34H2,1-8H3. The Morgan fingerprint density at radius 1 is 0.836 bits per heavy atom. The average molecular weight is 777 g/mol. The Hall–Kier alpha value is -3.65. The van der Waals surface area contributed by atoms with Crippen LogP contribution in [0, 0.1) is 0 Å². The third kappa shape index (κ3) is 9.00. The van der Waals surface area contributed by atoms with Crippen LogP contribution in [0.25, 0.3) is 0 Å². The van der Waals surface area contributed by atoms with E-state index in [2.05, 4.69) is 162 Å². The molecule has 0 saturated carbocycles. The monoisotopic (exact) mass is 776 g/mol. The van der Waals surface area contributed by atoms with E-state index in [0.29, 0.717) is 19.4 Å². The van der Waals surface area contributed by atoms with Gasteiger partial charge in [0.25, 0.3) is 0 Å². The molecule has 0 bridgehead atoms. The van der Waals surface area contributed by atoms with Crippen molar-refractivity contribution in [1.29, 1.82) is 0 Å². The first kappa shape index (κ1) is 41.0. The fourth-order valence-corrected chi connectivity index (χ4v) is 10.1. The van der Waals surface area contributed by atoms with Crippen molar-refractivity contribution in [3.63, 3.8) is 0 Å². The Balaban J connectivity index is 1.43. The lowest BCUT2D eigenvalue weighted by atomic mass is 9.81. The first-order valence-corrected chi connectivity index (χ1v) is 22.6. The Labute approximate surface area is 335 Å². The van der Waals surface area contributed by atoms with E-state index in [1.165, 1.54) is 54.7 Å². The summed E-state index contributed by atoms with van der Waals surface area (Å²) in [4.78, 5) is 5.12. The lowest BCUT2D eigenvalue weighted by Crippen LogP contribution is -2.28. The molecule has 1 aliphatic carbocycles.